The molecule has 2 fully saturated rings. The number of esters is 1. The lowest BCUT2D eigenvalue weighted by Crippen LogP contribution is -2.27. The highest BCUT2D eigenvalue weighted by molar-refractivity contribution is 7.89. The number of carbonyl (C=O) groups is 2. The molecule has 4 rings (SSSR count). The van der Waals surface area contributed by atoms with Gasteiger partial charge in [-0.2, -0.15) is 8.61 Å². The molecule has 0 bridgehead atoms. The number of rotatable bonds is 6. The summed E-state index contributed by atoms with van der Waals surface area (Å²) in [5.41, 5.74) is 0.0306. The van der Waals surface area contributed by atoms with E-state index in [0.717, 1.165) is 31.7 Å². The van der Waals surface area contributed by atoms with Gasteiger partial charge in [0.15, 0.2) is 0 Å². The minimum atomic E-state index is -3.51. The molecule has 0 aromatic carbocycles. The van der Waals surface area contributed by atoms with Crippen LogP contribution < -0.4 is 0 Å². The Morgan fingerprint density at radius 3 is 1.58 bits per heavy atom. The number of methoxy groups -OCH3 is 1. The normalized spacial score (nSPS) is 17.5. The molecule has 2 aliphatic heterocycles. The molecule has 3 N–H and O–H groups in total. The third-order valence-electron chi connectivity index (χ3n) is 5.35. The van der Waals surface area contributed by atoms with Crippen molar-refractivity contribution in [1.82, 2.24) is 18.6 Å². The number of aromatic nitrogens is 2. The van der Waals surface area contributed by atoms with Gasteiger partial charge in [0, 0.05) is 38.6 Å². The fraction of sp³-hybridized carbons (Fsp3) is 0.474. The number of aromatic carboxylic acids is 1. The van der Waals surface area contributed by atoms with Crippen LogP contribution in [0, 0.1) is 0 Å². The van der Waals surface area contributed by atoms with Gasteiger partial charge in [-0.05, 0) is 37.8 Å². The molecule has 2 saturated heterocycles. The maximum atomic E-state index is 12.1. The molecule has 0 saturated carbocycles. The van der Waals surface area contributed by atoms with E-state index in [-0.39, 0.29) is 21.2 Å². The highest BCUT2D eigenvalue weighted by Gasteiger charge is 2.29. The lowest BCUT2D eigenvalue weighted by Gasteiger charge is -2.13. The van der Waals surface area contributed by atoms with Gasteiger partial charge >= 0.3 is 11.9 Å². The second kappa shape index (κ2) is 10.1. The van der Waals surface area contributed by atoms with Crippen LogP contribution in [0.3, 0.4) is 0 Å². The molecular formula is C19H26N4O8S2. The van der Waals surface area contributed by atoms with E-state index in [9.17, 15) is 26.4 Å². The van der Waals surface area contributed by atoms with Crippen LogP contribution in [0.1, 0.15) is 46.7 Å². The van der Waals surface area contributed by atoms with E-state index in [0.29, 0.717) is 26.2 Å². The molecule has 0 aliphatic carbocycles. The summed E-state index contributed by atoms with van der Waals surface area (Å²) in [6.45, 7) is 2.11. The first-order valence-electron chi connectivity index (χ1n) is 10.3. The van der Waals surface area contributed by atoms with E-state index in [1.807, 2.05) is 0 Å². The maximum Gasteiger partial charge on any atom is 0.354 e. The number of carbonyl (C=O) groups excluding carboxylic acids is 1. The van der Waals surface area contributed by atoms with Crippen molar-refractivity contribution in [2.24, 2.45) is 0 Å². The van der Waals surface area contributed by atoms with Crippen molar-refractivity contribution in [1.29, 1.82) is 0 Å². The number of ether oxygens (including phenoxy) is 1. The fourth-order valence-corrected chi connectivity index (χ4v) is 6.58. The summed E-state index contributed by atoms with van der Waals surface area (Å²) in [6, 6.07) is 2.45. The molecule has 14 heteroatoms. The summed E-state index contributed by atoms with van der Waals surface area (Å²) in [5, 5.41) is 8.69. The van der Waals surface area contributed by atoms with Crippen molar-refractivity contribution in [3.63, 3.8) is 0 Å². The summed E-state index contributed by atoms with van der Waals surface area (Å²) in [6.07, 6.45) is 6.02. The van der Waals surface area contributed by atoms with Crippen LogP contribution in [-0.2, 0) is 24.8 Å². The summed E-state index contributed by atoms with van der Waals surface area (Å²) < 4.78 is 55.5. The Hall–Kier alpha value is -2.68. The average molecular weight is 503 g/mol. The Morgan fingerprint density at radius 1 is 0.818 bits per heavy atom. The van der Waals surface area contributed by atoms with Crippen LogP contribution in [0.25, 0.3) is 0 Å². The zero-order chi connectivity index (χ0) is 24.2. The van der Waals surface area contributed by atoms with Crippen LogP contribution in [0.15, 0.2) is 34.3 Å². The topological polar surface area (TPSA) is 170 Å². The lowest BCUT2D eigenvalue weighted by atomic mass is 10.4. The molecule has 0 spiro atoms. The van der Waals surface area contributed by atoms with Crippen molar-refractivity contribution in [3.8, 4) is 0 Å². The Morgan fingerprint density at radius 2 is 1.21 bits per heavy atom. The first-order chi connectivity index (χ1) is 15.6. The predicted molar refractivity (Wildman–Crippen MR) is 116 cm³/mol. The number of carboxylic acid groups (broad SMARTS) is 1. The van der Waals surface area contributed by atoms with Crippen LogP contribution in [0.2, 0.25) is 0 Å². The van der Waals surface area contributed by atoms with Gasteiger partial charge in [0.05, 0.1) is 7.11 Å². The van der Waals surface area contributed by atoms with Crippen LogP contribution in [-0.4, -0.2) is 85.7 Å². The Labute approximate surface area is 191 Å². The number of hydrogen-bond donors (Lipinski definition) is 3. The number of hydrogen-bond acceptors (Lipinski definition) is 7. The van der Waals surface area contributed by atoms with E-state index < -0.39 is 32.0 Å². The largest absolute Gasteiger partial charge is 0.477 e. The van der Waals surface area contributed by atoms with Crippen LogP contribution >= 0.6 is 0 Å². The highest BCUT2D eigenvalue weighted by Crippen LogP contribution is 2.22. The summed E-state index contributed by atoms with van der Waals surface area (Å²) in [5.74, 6) is -1.74. The molecule has 0 amide bonds. The Kier molecular flexibility index (Phi) is 7.62. The van der Waals surface area contributed by atoms with Crippen LogP contribution in [0.4, 0.5) is 0 Å². The average Bonchev–Trinajstić information content (AvgIpc) is 3.61. The first kappa shape index (κ1) is 25.0. The summed E-state index contributed by atoms with van der Waals surface area (Å²) in [4.78, 5) is 27.0. The van der Waals surface area contributed by atoms with Crippen molar-refractivity contribution in [2.75, 3.05) is 33.3 Å². The van der Waals surface area contributed by atoms with Crippen molar-refractivity contribution < 1.29 is 36.3 Å². The van der Waals surface area contributed by atoms with E-state index in [4.69, 9.17) is 5.11 Å². The molecule has 2 aromatic heterocycles. The molecule has 12 nitrogen and oxygen atoms in total. The lowest BCUT2D eigenvalue weighted by molar-refractivity contribution is 0.0594. The maximum absolute atomic E-state index is 12.1. The van der Waals surface area contributed by atoms with E-state index in [1.54, 1.807) is 0 Å². The minimum Gasteiger partial charge on any atom is -0.477 e. The second-order valence-electron chi connectivity index (χ2n) is 7.52. The van der Waals surface area contributed by atoms with Gasteiger partial charge in [0.25, 0.3) is 0 Å². The van der Waals surface area contributed by atoms with E-state index in [1.165, 1.54) is 34.2 Å². The third kappa shape index (κ3) is 5.46. The van der Waals surface area contributed by atoms with Gasteiger partial charge < -0.3 is 19.8 Å². The number of nitrogens with one attached hydrogen (secondary N) is 2. The SMILES string of the molecule is COC(=O)c1cc(S(=O)(=O)N2CCCC2)c[nH]1.O=C(O)c1cc(S(=O)(=O)N2CCCC2)c[nH]1. The number of carboxylic acids is 1. The quantitative estimate of drug-likeness (QED) is 0.493. The molecule has 0 unspecified atom stereocenters. The van der Waals surface area contributed by atoms with E-state index in [2.05, 4.69) is 14.7 Å². The van der Waals surface area contributed by atoms with Gasteiger partial charge in [0.1, 0.15) is 21.2 Å². The zero-order valence-corrected chi connectivity index (χ0v) is 19.6. The molecular weight excluding hydrogens is 476 g/mol. The zero-order valence-electron chi connectivity index (χ0n) is 18.0. The molecule has 2 aromatic rings. The second-order valence-corrected chi connectivity index (χ2v) is 11.4. The smallest absolute Gasteiger partial charge is 0.354 e. The van der Waals surface area contributed by atoms with Gasteiger partial charge in [-0.25, -0.2) is 26.4 Å². The van der Waals surface area contributed by atoms with Gasteiger partial charge in [-0.15, -0.1) is 0 Å². The number of H-pyrrole nitrogens is 2. The molecule has 182 valence electrons. The number of sulfonamides is 2. The fourth-order valence-electron chi connectivity index (χ4n) is 3.55. The predicted octanol–water partition coefficient (Wildman–Crippen LogP) is 1.08. The first-order valence-corrected chi connectivity index (χ1v) is 13.1. The molecule has 0 atom stereocenters. The van der Waals surface area contributed by atoms with E-state index >= 15 is 0 Å². The number of nitrogens with zero attached hydrogens (tertiary/aromatic N) is 2. The minimum absolute atomic E-state index is 0.0202. The number of aromatic amines is 2. The highest BCUT2D eigenvalue weighted by atomic mass is 32.2. The molecule has 0 radical (unpaired) electrons. The van der Waals surface area contributed by atoms with Gasteiger partial charge in [-0.3, -0.25) is 0 Å². The van der Waals surface area contributed by atoms with Crippen LogP contribution in [0.5, 0.6) is 0 Å². The monoisotopic (exact) mass is 502 g/mol. The summed E-state index contributed by atoms with van der Waals surface area (Å²) >= 11 is 0. The Bertz CT molecular complexity index is 1200. The Balaban J connectivity index is 0.000000186. The summed E-state index contributed by atoms with van der Waals surface area (Å²) in [7, 11) is -5.73. The van der Waals surface area contributed by atoms with Gasteiger partial charge in [0.2, 0.25) is 20.0 Å². The third-order valence-corrected chi connectivity index (χ3v) is 9.11. The van der Waals surface area contributed by atoms with Gasteiger partial charge in [-0.1, -0.05) is 0 Å². The standard InChI is InChI=1S/C10H14N2O4S.C9H12N2O4S/c1-16-10(13)9-6-8(7-11-9)17(14,15)12-4-2-3-5-12;12-9(13)8-5-7(6-10-8)16(14,15)11-3-1-2-4-11/h6-7,11H,2-5H2,1H3;5-6,10H,1-4H2,(H,12,13). The molecule has 33 heavy (non-hydrogen) atoms. The molecule has 4 heterocycles. The molecule has 2 aliphatic rings. The van der Waals surface area contributed by atoms with Crippen molar-refractivity contribution in [3.05, 3.63) is 35.9 Å². The van der Waals surface area contributed by atoms with Crippen molar-refractivity contribution in [2.45, 2.75) is 35.5 Å². The van der Waals surface area contributed by atoms with Crippen molar-refractivity contribution >= 4 is 32.0 Å².